The summed E-state index contributed by atoms with van der Waals surface area (Å²) in [5.74, 6) is 0. The van der Waals surface area contributed by atoms with Crippen LogP contribution in [0.5, 0.6) is 0 Å². The van der Waals surface area contributed by atoms with Gasteiger partial charge in [0.15, 0.2) is 0 Å². The van der Waals surface area contributed by atoms with E-state index in [1.165, 1.54) is 42.1 Å². The van der Waals surface area contributed by atoms with Gasteiger partial charge in [-0.05, 0) is 87.9 Å². The summed E-state index contributed by atoms with van der Waals surface area (Å²) in [7, 11) is 0. The Morgan fingerprint density at radius 1 is 0.350 bits per heavy atom. The molecule has 3 nitrogen and oxygen atoms in total. The van der Waals surface area contributed by atoms with Crippen molar-refractivity contribution in [2.24, 2.45) is 0 Å². The topological polar surface area (TPSA) is 19.6 Å². The first-order valence-corrected chi connectivity index (χ1v) is 21.2. The highest BCUT2D eigenvalue weighted by molar-refractivity contribution is 7.26. The Morgan fingerprint density at radius 2 is 0.933 bits per heavy atom. The summed E-state index contributed by atoms with van der Waals surface area (Å²) >= 11 is 1.85. The number of rotatable bonds is 7. The Kier molecular flexibility index (Phi) is 8.03. The average molecular weight is 785 g/mol. The lowest BCUT2D eigenvalue weighted by atomic mass is 9.98. The van der Waals surface area contributed by atoms with Crippen LogP contribution >= 0.6 is 11.3 Å². The van der Waals surface area contributed by atoms with Crippen molar-refractivity contribution >= 4 is 109 Å². The van der Waals surface area contributed by atoms with Crippen LogP contribution < -0.4 is 9.80 Å². The maximum atomic E-state index is 6.96. The van der Waals surface area contributed by atoms with E-state index < -0.39 is 0 Å². The van der Waals surface area contributed by atoms with Crippen LogP contribution in [0, 0.1) is 0 Å². The summed E-state index contributed by atoms with van der Waals surface area (Å²) in [6, 6.07) is 78.7. The molecule has 0 fully saturated rings. The standard InChI is InChI=1S/C56H36N2OS/c1-3-18-40(19-4-1)57(42-32-29-39(30-33-42)44-25-13-17-37-15-7-9-22-43(37)44)52-36-53-49(47-34-31-38-16-8-10-23-45(38)55(47)59-53)35-51(52)58(41-20-5-2-6-21-41)50-27-14-26-48-46-24-11-12-28-54(46)60-56(48)50/h1-36H. The second-order valence-corrected chi connectivity index (χ2v) is 16.3. The summed E-state index contributed by atoms with van der Waals surface area (Å²) in [5.41, 5.74) is 10.4. The van der Waals surface area contributed by atoms with E-state index >= 15 is 0 Å². The molecule has 0 aliphatic heterocycles. The van der Waals surface area contributed by atoms with Crippen LogP contribution in [0.1, 0.15) is 0 Å². The van der Waals surface area contributed by atoms with Crippen LogP contribution in [0.25, 0.3) is 74.8 Å². The molecule has 12 aromatic rings. The molecule has 0 unspecified atom stereocenters. The monoisotopic (exact) mass is 784 g/mol. The predicted molar refractivity (Wildman–Crippen MR) is 256 cm³/mol. The Balaban J connectivity index is 1.16. The third-order valence-electron chi connectivity index (χ3n) is 11.8. The van der Waals surface area contributed by atoms with Gasteiger partial charge in [-0.25, -0.2) is 0 Å². The molecule has 0 amide bonds. The number of thiophene rings is 1. The fourth-order valence-corrected chi connectivity index (χ4v) is 10.3. The molecule has 2 heterocycles. The highest BCUT2D eigenvalue weighted by Crippen LogP contribution is 2.52. The van der Waals surface area contributed by atoms with Gasteiger partial charge in [0.05, 0.1) is 21.8 Å². The van der Waals surface area contributed by atoms with Crippen LogP contribution in [-0.4, -0.2) is 0 Å². The van der Waals surface area contributed by atoms with Gasteiger partial charge in [-0.15, -0.1) is 11.3 Å². The number of para-hydroxylation sites is 2. The quantitative estimate of drug-likeness (QED) is 0.160. The fourth-order valence-electron chi connectivity index (χ4n) is 9.05. The average Bonchev–Trinajstić information content (AvgIpc) is 3.89. The zero-order valence-corrected chi connectivity index (χ0v) is 33.3. The van der Waals surface area contributed by atoms with Crippen molar-refractivity contribution in [2.75, 3.05) is 9.80 Å². The largest absolute Gasteiger partial charge is 0.455 e. The fraction of sp³-hybridized carbons (Fsp3) is 0. The van der Waals surface area contributed by atoms with E-state index in [0.29, 0.717) is 0 Å². The third kappa shape index (κ3) is 5.57. The van der Waals surface area contributed by atoms with Gasteiger partial charge in [0.2, 0.25) is 0 Å². The maximum absolute atomic E-state index is 6.96. The van der Waals surface area contributed by atoms with Gasteiger partial charge in [-0.3, -0.25) is 0 Å². The first-order valence-electron chi connectivity index (χ1n) is 20.3. The minimum absolute atomic E-state index is 0.835. The first kappa shape index (κ1) is 34.4. The summed E-state index contributed by atoms with van der Waals surface area (Å²) in [6.07, 6.45) is 0. The predicted octanol–water partition coefficient (Wildman–Crippen LogP) is 16.9. The van der Waals surface area contributed by atoms with Gasteiger partial charge in [0, 0.05) is 54.8 Å². The van der Waals surface area contributed by atoms with Gasteiger partial charge in [0.25, 0.3) is 0 Å². The van der Waals surface area contributed by atoms with E-state index in [4.69, 9.17) is 4.42 Å². The van der Waals surface area contributed by atoms with Gasteiger partial charge in [-0.1, -0.05) is 152 Å². The highest BCUT2D eigenvalue weighted by atomic mass is 32.1. The number of hydrogen-bond donors (Lipinski definition) is 0. The number of nitrogens with zero attached hydrogens (tertiary/aromatic N) is 2. The van der Waals surface area contributed by atoms with Gasteiger partial charge in [0.1, 0.15) is 11.2 Å². The molecule has 0 atom stereocenters. The molecular formula is C56H36N2OS. The Morgan fingerprint density at radius 3 is 1.72 bits per heavy atom. The zero-order chi connectivity index (χ0) is 39.6. The smallest absolute Gasteiger partial charge is 0.143 e. The lowest BCUT2D eigenvalue weighted by Gasteiger charge is -2.33. The van der Waals surface area contributed by atoms with Gasteiger partial charge >= 0.3 is 0 Å². The van der Waals surface area contributed by atoms with E-state index in [9.17, 15) is 0 Å². The van der Waals surface area contributed by atoms with Crippen LogP contribution in [-0.2, 0) is 0 Å². The molecule has 2 aromatic heterocycles. The molecule has 0 saturated heterocycles. The molecule has 12 rings (SSSR count). The molecule has 0 spiro atoms. The van der Waals surface area contributed by atoms with Crippen molar-refractivity contribution in [3.63, 3.8) is 0 Å². The molecule has 0 aliphatic rings. The van der Waals surface area contributed by atoms with Crippen LogP contribution in [0.2, 0.25) is 0 Å². The second kappa shape index (κ2) is 14.0. The zero-order valence-electron chi connectivity index (χ0n) is 32.5. The second-order valence-electron chi connectivity index (χ2n) is 15.3. The summed E-state index contributed by atoms with van der Waals surface area (Å²) in [4.78, 5) is 4.83. The number of anilines is 6. The molecular weight excluding hydrogens is 749 g/mol. The van der Waals surface area contributed by atoms with Crippen molar-refractivity contribution in [3.8, 4) is 11.1 Å². The number of furan rings is 1. The lowest BCUT2D eigenvalue weighted by Crippen LogP contribution is -2.17. The molecule has 10 aromatic carbocycles. The molecule has 60 heavy (non-hydrogen) atoms. The highest BCUT2D eigenvalue weighted by Gasteiger charge is 2.27. The Bertz CT molecular complexity index is 3550. The van der Waals surface area contributed by atoms with E-state index in [-0.39, 0.29) is 0 Å². The normalized spacial score (nSPS) is 11.7. The van der Waals surface area contributed by atoms with Crippen LogP contribution in [0.15, 0.2) is 223 Å². The van der Waals surface area contributed by atoms with Gasteiger partial charge in [-0.2, -0.15) is 0 Å². The van der Waals surface area contributed by atoms with E-state index in [1.54, 1.807) is 0 Å². The Labute approximate surface area is 351 Å². The maximum Gasteiger partial charge on any atom is 0.143 e. The number of fused-ring (bicyclic) bond motifs is 9. The van der Waals surface area contributed by atoms with Gasteiger partial charge < -0.3 is 14.2 Å². The molecule has 0 N–H and O–H groups in total. The lowest BCUT2D eigenvalue weighted by molar-refractivity contribution is 0.672. The summed E-state index contributed by atoms with van der Waals surface area (Å²) < 4.78 is 9.47. The van der Waals surface area contributed by atoms with Crippen molar-refractivity contribution in [2.45, 2.75) is 0 Å². The number of hydrogen-bond acceptors (Lipinski definition) is 4. The minimum Gasteiger partial charge on any atom is -0.455 e. The van der Waals surface area contributed by atoms with Crippen molar-refractivity contribution in [3.05, 3.63) is 218 Å². The summed E-state index contributed by atoms with van der Waals surface area (Å²) in [6.45, 7) is 0. The molecule has 0 bridgehead atoms. The number of benzene rings is 10. The summed E-state index contributed by atoms with van der Waals surface area (Å²) in [5, 5.41) is 9.42. The van der Waals surface area contributed by atoms with E-state index in [2.05, 4.69) is 228 Å². The minimum atomic E-state index is 0.835. The van der Waals surface area contributed by atoms with Crippen molar-refractivity contribution < 1.29 is 4.42 Å². The van der Waals surface area contributed by atoms with Crippen LogP contribution in [0.4, 0.5) is 34.1 Å². The molecule has 0 saturated carbocycles. The molecule has 4 heteroatoms. The SMILES string of the molecule is c1ccc(N(c2ccc(-c3cccc4ccccc34)cc2)c2cc3oc4c5ccccc5ccc4c3cc2N(c2ccccc2)c2cccc3c2sc2ccccc23)cc1. The van der Waals surface area contributed by atoms with E-state index in [0.717, 1.165) is 66.8 Å². The third-order valence-corrected chi connectivity index (χ3v) is 13.0. The van der Waals surface area contributed by atoms with E-state index in [1.807, 2.05) is 11.3 Å². The molecule has 282 valence electrons. The Hall–Kier alpha value is -7.66. The van der Waals surface area contributed by atoms with Crippen LogP contribution in [0.3, 0.4) is 0 Å². The van der Waals surface area contributed by atoms with Crippen molar-refractivity contribution in [1.82, 2.24) is 0 Å². The molecule has 0 radical (unpaired) electrons. The molecule has 0 aliphatic carbocycles. The first-order chi connectivity index (χ1) is 29.8. The van der Waals surface area contributed by atoms with Crippen molar-refractivity contribution in [1.29, 1.82) is 0 Å².